The Morgan fingerprint density at radius 2 is 2.00 bits per heavy atom. The van der Waals surface area contributed by atoms with Crippen LogP contribution >= 0.6 is 0 Å². The fraction of sp³-hybridized carbons (Fsp3) is 0.556. The van der Waals surface area contributed by atoms with E-state index in [2.05, 4.69) is 10.6 Å². The lowest BCUT2D eigenvalue weighted by Crippen LogP contribution is -2.49. The number of fused-ring (bicyclic) bond motifs is 1. The van der Waals surface area contributed by atoms with Crippen LogP contribution in [0.25, 0.3) is 0 Å². The van der Waals surface area contributed by atoms with Crippen LogP contribution in [0, 0.1) is 5.41 Å². The van der Waals surface area contributed by atoms with Crippen molar-refractivity contribution in [2.24, 2.45) is 5.41 Å². The minimum Gasteiger partial charge on any atom is -0.399 e. The van der Waals surface area contributed by atoms with Gasteiger partial charge in [0, 0.05) is 11.1 Å². The van der Waals surface area contributed by atoms with Crippen molar-refractivity contribution in [1.82, 2.24) is 10.6 Å². The van der Waals surface area contributed by atoms with Crippen LogP contribution in [0.3, 0.4) is 0 Å². The second kappa shape index (κ2) is 6.60. The van der Waals surface area contributed by atoms with Crippen LogP contribution in [0.1, 0.15) is 57.7 Å². The molecule has 5 heteroatoms. The molecule has 5 nitrogen and oxygen atoms in total. The van der Waals surface area contributed by atoms with Gasteiger partial charge in [-0.3, -0.25) is 9.59 Å². The summed E-state index contributed by atoms with van der Waals surface area (Å²) in [6, 6.07) is 5.28. The molecule has 0 fully saturated rings. The summed E-state index contributed by atoms with van der Waals surface area (Å²) in [4.78, 5) is 24.4. The van der Waals surface area contributed by atoms with E-state index < -0.39 is 11.5 Å². The average molecular weight is 317 g/mol. The van der Waals surface area contributed by atoms with Gasteiger partial charge in [-0.2, -0.15) is 0 Å². The Balaban J connectivity index is 2.03. The first-order valence-corrected chi connectivity index (χ1v) is 8.18. The van der Waals surface area contributed by atoms with Crippen molar-refractivity contribution in [3.63, 3.8) is 0 Å². The number of nitrogens with one attached hydrogen (secondary N) is 2. The maximum absolute atomic E-state index is 12.4. The summed E-state index contributed by atoms with van der Waals surface area (Å²) in [6.07, 6.45) is 2.91. The number of carbonyl (C=O) groups is 2. The quantitative estimate of drug-likeness (QED) is 0.748. The van der Waals surface area contributed by atoms with E-state index in [1.165, 1.54) is 5.56 Å². The topological polar surface area (TPSA) is 84.2 Å². The fourth-order valence-electron chi connectivity index (χ4n) is 2.76. The van der Waals surface area contributed by atoms with E-state index >= 15 is 0 Å². The summed E-state index contributed by atoms with van der Waals surface area (Å²) in [5, 5.41) is 5.83. The van der Waals surface area contributed by atoms with Crippen LogP contribution in [0.4, 0.5) is 5.69 Å². The predicted octanol–water partition coefficient (Wildman–Crippen LogP) is 2.31. The summed E-state index contributed by atoms with van der Waals surface area (Å²) in [6.45, 7) is 7.20. The molecule has 1 aromatic rings. The van der Waals surface area contributed by atoms with Crippen molar-refractivity contribution in [3.05, 3.63) is 29.3 Å². The van der Waals surface area contributed by atoms with Gasteiger partial charge < -0.3 is 16.4 Å². The maximum Gasteiger partial charge on any atom is 0.242 e. The zero-order chi connectivity index (χ0) is 17.2. The molecular formula is C18H27N3O2. The first kappa shape index (κ1) is 17.3. The van der Waals surface area contributed by atoms with Crippen LogP contribution in [-0.2, 0) is 16.0 Å². The van der Waals surface area contributed by atoms with E-state index in [1.54, 1.807) is 6.92 Å². The first-order valence-electron chi connectivity index (χ1n) is 8.18. The number of nitrogens with two attached hydrogens (primary N) is 1. The lowest BCUT2D eigenvalue weighted by atomic mass is 9.87. The lowest BCUT2D eigenvalue weighted by Gasteiger charge is -2.28. The molecule has 2 rings (SSSR count). The van der Waals surface area contributed by atoms with Gasteiger partial charge in [-0.1, -0.05) is 26.8 Å². The van der Waals surface area contributed by atoms with E-state index in [1.807, 2.05) is 39.0 Å². The molecule has 126 valence electrons. The van der Waals surface area contributed by atoms with Gasteiger partial charge in [-0.05, 0) is 49.4 Å². The molecule has 0 radical (unpaired) electrons. The van der Waals surface area contributed by atoms with Gasteiger partial charge in [0.25, 0.3) is 0 Å². The summed E-state index contributed by atoms with van der Waals surface area (Å²) in [7, 11) is 0. The Morgan fingerprint density at radius 1 is 1.30 bits per heavy atom. The summed E-state index contributed by atoms with van der Waals surface area (Å²) in [5.41, 5.74) is 8.41. The summed E-state index contributed by atoms with van der Waals surface area (Å²) < 4.78 is 0. The van der Waals surface area contributed by atoms with Crippen LogP contribution in [0.2, 0.25) is 0 Å². The number of anilines is 1. The van der Waals surface area contributed by atoms with Gasteiger partial charge in [-0.15, -0.1) is 0 Å². The third-order valence-corrected chi connectivity index (χ3v) is 4.22. The van der Waals surface area contributed by atoms with Crippen molar-refractivity contribution >= 4 is 17.5 Å². The van der Waals surface area contributed by atoms with Gasteiger partial charge in [-0.25, -0.2) is 0 Å². The predicted molar refractivity (Wildman–Crippen MR) is 91.7 cm³/mol. The second-order valence-electron chi connectivity index (χ2n) is 7.36. The molecule has 0 aliphatic heterocycles. The van der Waals surface area contributed by atoms with E-state index in [9.17, 15) is 9.59 Å². The molecule has 0 heterocycles. The molecule has 1 aromatic carbocycles. The molecule has 0 saturated heterocycles. The summed E-state index contributed by atoms with van der Waals surface area (Å²) in [5.74, 6) is -0.283. The third kappa shape index (κ3) is 4.24. The molecule has 2 atom stereocenters. The van der Waals surface area contributed by atoms with E-state index in [0.29, 0.717) is 0 Å². The Bertz CT molecular complexity index is 605. The number of aryl methyl sites for hydroxylation is 1. The Labute approximate surface area is 138 Å². The fourth-order valence-corrected chi connectivity index (χ4v) is 2.76. The molecule has 0 spiro atoms. The molecule has 23 heavy (non-hydrogen) atoms. The highest BCUT2D eigenvalue weighted by Gasteiger charge is 2.27. The standard InChI is InChI=1S/C18H27N3O2/c1-11(20-17(23)18(2,3)4)16(22)21-15-7-5-6-12-10-13(19)8-9-14(12)15/h8-11,15H,5-7,19H2,1-4H3,(H,20,23)(H,21,22). The number of carbonyl (C=O) groups excluding carboxylic acids is 2. The van der Waals surface area contributed by atoms with E-state index in [-0.39, 0.29) is 17.9 Å². The lowest BCUT2D eigenvalue weighted by molar-refractivity contribution is -0.133. The number of rotatable bonds is 3. The Morgan fingerprint density at radius 3 is 2.65 bits per heavy atom. The van der Waals surface area contributed by atoms with Crippen LogP contribution in [-0.4, -0.2) is 17.9 Å². The zero-order valence-electron chi connectivity index (χ0n) is 14.4. The largest absolute Gasteiger partial charge is 0.399 e. The number of amides is 2. The highest BCUT2D eigenvalue weighted by molar-refractivity contribution is 5.89. The van der Waals surface area contributed by atoms with Gasteiger partial charge in [0.05, 0.1) is 6.04 Å². The van der Waals surface area contributed by atoms with Crippen molar-refractivity contribution in [1.29, 1.82) is 0 Å². The second-order valence-corrected chi connectivity index (χ2v) is 7.36. The normalized spacial score (nSPS) is 18.7. The Kier molecular flexibility index (Phi) is 4.97. The number of hydrogen-bond donors (Lipinski definition) is 3. The molecule has 1 aliphatic rings. The van der Waals surface area contributed by atoms with Gasteiger partial charge in [0.15, 0.2) is 0 Å². The van der Waals surface area contributed by atoms with Crippen LogP contribution < -0.4 is 16.4 Å². The molecular weight excluding hydrogens is 290 g/mol. The SMILES string of the molecule is CC(NC(=O)C(C)(C)C)C(=O)NC1CCCc2cc(N)ccc21. The van der Waals surface area contributed by atoms with Crippen molar-refractivity contribution < 1.29 is 9.59 Å². The minimum absolute atomic E-state index is 0.0131. The van der Waals surface area contributed by atoms with Crippen LogP contribution in [0.5, 0.6) is 0 Å². The molecule has 4 N–H and O–H groups in total. The average Bonchev–Trinajstić information content (AvgIpc) is 2.45. The van der Waals surface area contributed by atoms with Crippen LogP contribution in [0.15, 0.2) is 18.2 Å². The van der Waals surface area contributed by atoms with Gasteiger partial charge >= 0.3 is 0 Å². The van der Waals surface area contributed by atoms with Crippen molar-refractivity contribution in [3.8, 4) is 0 Å². The number of hydrogen-bond acceptors (Lipinski definition) is 3. The zero-order valence-corrected chi connectivity index (χ0v) is 14.4. The minimum atomic E-state index is -0.555. The van der Waals surface area contributed by atoms with E-state index in [0.717, 1.165) is 30.5 Å². The molecule has 2 unspecified atom stereocenters. The monoisotopic (exact) mass is 317 g/mol. The molecule has 0 bridgehead atoms. The maximum atomic E-state index is 12.4. The van der Waals surface area contributed by atoms with Crippen molar-refractivity contribution in [2.45, 2.75) is 59.0 Å². The van der Waals surface area contributed by atoms with Gasteiger partial charge in [0.1, 0.15) is 6.04 Å². The summed E-state index contributed by atoms with van der Waals surface area (Å²) >= 11 is 0. The number of benzene rings is 1. The number of nitrogen functional groups attached to an aromatic ring is 1. The third-order valence-electron chi connectivity index (χ3n) is 4.22. The van der Waals surface area contributed by atoms with E-state index in [4.69, 9.17) is 5.73 Å². The Hall–Kier alpha value is -2.04. The highest BCUT2D eigenvalue weighted by Crippen LogP contribution is 2.31. The molecule has 0 aromatic heterocycles. The first-order chi connectivity index (χ1) is 10.7. The van der Waals surface area contributed by atoms with Gasteiger partial charge in [0.2, 0.25) is 11.8 Å². The smallest absolute Gasteiger partial charge is 0.242 e. The molecule has 0 saturated carbocycles. The highest BCUT2D eigenvalue weighted by atomic mass is 16.2. The molecule has 2 amide bonds. The molecule has 1 aliphatic carbocycles. The van der Waals surface area contributed by atoms with Crippen molar-refractivity contribution in [2.75, 3.05) is 5.73 Å².